The normalized spacial score (nSPS) is 10.2. The first kappa shape index (κ1) is 12.5. The average Bonchev–Trinajstić information content (AvgIpc) is 2.37. The summed E-state index contributed by atoms with van der Waals surface area (Å²) < 4.78 is 1.12. The van der Waals surface area contributed by atoms with Crippen molar-refractivity contribution in [2.45, 2.75) is 11.4 Å². The molecule has 0 bridgehead atoms. The maximum absolute atomic E-state index is 3.48. The van der Waals surface area contributed by atoms with Crippen molar-refractivity contribution >= 4 is 33.4 Å². The minimum Gasteiger partial charge on any atom is -0.381 e. The van der Waals surface area contributed by atoms with Crippen molar-refractivity contribution in [2.75, 3.05) is 11.6 Å². The van der Waals surface area contributed by atoms with E-state index >= 15 is 0 Å². The van der Waals surface area contributed by atoms with Gasteiger partial charge < -0.3 is 5.32 Å². The molecule has 2 rings (SSSR count). The van der Waals surface area contributed by atoms with Crippen molar-refractivity contribution in [3.8, 4) is 0 Å². The van der Waals surface area contributed by atoms with Gasteiger partial charge in [-0.05, 0) is 48.2 Å². The standard InChI is InChI=1S/C14H14BrNS/c1-17-14-7-5-13(6-8-14)16-10-11-3-2-4-12(15)9-11/h2-9,16H,10H2,1H3. The van der Waals surface area contributed by atoms with Gasteiger partial charge in [-0.2, -0.15) is 0 Å². The second-order valence-electron chi connectivity index (χ2n) is 3.71. The van der Waals surface area contributed by atoms with Crippen LogP contribution in [-0.4, -0.2) is 6.26 Å². The van der Waals surface area contributed by atoms with Crippen LogP contribution < -0.4 is 5.32 Å². The van der Waals surface area contributed by atoms with Crippen LogP contribution in [0.2, 0.25) is 0 Å². The molecule has 0 unspecified atom stereocenters. The first-order valence-electron chi connectivity index (χ1n) is 5.40. The van der Waals surface area contributed by atoms with Crippen molar-refractivity contribution in [3.63, 3.8) is 0 Å². The largest absolute Gasteiger partial charge is 0.381 e. The molecule has 17 heavy (non-hydrogen) atoms. The summed E-state index contributed by atoms with van der Waals surface area (Å²) in [5.41, 5.74) is 2.43. The van der Waals surface area contributed by atoms with Gasteiger partial charge in [0.25, 0.3) is 0 Å². The molecule has 0 aliphatic carbocycles. The number of benzene rings is 2. The predicted molar refractivity (Wildman–Crippen MR) is 79.7 cm³/mol. The van der Waals surface area contributed by atoms with E-state index in [1.54, 1.807) is 11.8 Å². The highest BCUT2D eigenvalue weighted by Gasteiger charge is 1.95. The van der Waals surface area contributed by atoms with Gasteiger partial charge in [0.15, 0.2) is 0 Å². The summed E-state index contributed by atoms with van der Waals surface area (Å²) in [7, 11) is 0. The summed E-state index contributed by atoms with van der Waals surface area (Å²) in [6.07, 6.45) is 2.09. The molecular weight excluding hydrogens is 294 g/mol. The molecule has 0 aliphatic rings. The van der Waals surface area contributed by atoms with Gasteiger partial charge >= 0.3 is 0 Å². The zero-order valence-corrected chi connectivity index (χ0v) is 12.0. The third-order valence-corrected chi connectivity index (χ3v) is 3.71. The van der Waals surface area contributed by atoms with Gasteiger partial charge in [-0.1, -0.05) is 28.1 Å². The number of anilines is 1. The highest BCUT2D eigenvalue weighted by molar-refractivity contribution is 9.10. The molecule has 0 heterocycles. The lowest BCUT2D eigenvalue weighted by molar-refractivity contribution is 1.14. The van der Waals surface area contributed by atoms with Gasteiger partial charge in [-0.3, -0.25) is 0 Å². The molecule has 0 aromatic heterocycles. The van der Waals surface area contributed by atoms with Crippen LogP contribution in [0.5, 0.6) is 0 Å². The minimum absolute atomic E-state index is 0.845. The summed E-state index contributed by atoms with van der Waals surface area (Å²) >= 11 is 5.24. The molecule has 0 spiro atoms. The second-order valence-corrected chi connectivity index (χ2v) is 5.51. The van der Waals surface area contributed by atoms with Crippen molar-refractivity contribution in [1.82, 2.24) is 0 Å². The summed E-state index contributed by atoms with van der Waals surface area (Å²) in [5, 5.41) is 3.41. The van der Waals surface area contributed by atoms with Crippen LogP contribution in [-0.2, 0) is 6.54 Å². The Bertz CT molecular complexity index is 482. The van der Waals surface area contributed by atoms with Gasteiger partial charge in [-0.25, -0.2) is 0 Å². The average molecular weight is 308 g/mol. The van der Waals surface area contributed by atoms with E-state index < -0.39 is 0 Å². The fourth-order valence-corrected chi connectivity index (χ4v) is 2.41. The summed E-state index contributed by atoms with van der Waals surface area (Å²) in [5.74, 6) is 0. The van der Waals surface area contributed by atoms with Crippen molar-refractivity contribution < 1.29 is 0 Å². The Hall–Kier alpha value is -0.930. The number of thioether (sulfide) groups is 1. The Kier molecular flexibility index (Phi) is 4.51. The number of hydrogen-bond acceptors (Lipinski definition) is 2. The van der Waals surface area contributed by atoms with Crippen molar-refractivity contribution in [1.29, 1.82) is 0 Å². The van der Waals surface area contributed by atoms with Crippen LogP contribution in [0, 0.1) is 0 Å². The van der Waals surface area contributed by atoms with E-state index in [1.807, 2.05) is 6.07 Å². The Balaban J connectivity index is 1.97. The van der Waals surface area contributed by atoms with E-state index in [9.17, 15) is 0 Å². The lowest BCUT2D eigenvalue weighted by atomic mass is 10.2. The Labute approximate surface area is 115 Å². The topological polar surface area (TPSA) is 12.0 Å². The minimum atomic E-state index is 0.845. The molecule has 2 aromatic carbocycles. The van der Waals surface area contributed by atoms with Gasteiger partial charge in [-0.15, -0.1) is 11.8 Å². The molecule has 0 atom stereocenters. The van der Waals surface area contributed by atoms with Crippen LogP contribution in [0.25, 0.3) is 0 Å². The van der Waals surface area contributed by atoms with Crippen LogP contribution in [0.3, 0.4) is 0 Å². The van der Waals surface area contributed by atoms with E-state index in [-0.39, 0.29) is 0 Å². The van der Waals surface area contributed by atoms with Gasteiger partial charge in [0.1, 0.15) is 0 Å². The lowest BCUT2D eigenvalue weighted by Gasteiger charge is -2.07. The van der Waals surface area contributed by atoms with Crippen LogP contribution in [0.1, 0.15) is 5.56 Å². The zero-order valence-electron chi connectivity index (χ0n) is 9.61. The monoisotopic (exact) mass is 307 g/mol. The van der Waals surface area contributed by atoms with E-state index in [0.29, 0.717) is 0 Å². The molecule has 3 heteroatoms. The number of hydrogen-bond donors (Lipinski definition) is 1. The third kappa shape index (κ3) is 3.79. The molecule has 1 nitrogen and oxygen atoms in total. The molecule has 88 valence electrons. The Morgan fingerprint density at radius 2 is 1.88 bits per heavy atom. The molecule has 2 aromatic rings. The predicted octanol–water partition coefficient (Wildman–Crippen LogP) is 4.78. The van der Waals surface area contributed by atoms with Gasteiger partial charge in [0, 0.05) is 21.6 Å². The molecule has 0 fully saturated rings. The Morgan fingerprint density at radius 3 is 2.53 bits per heavy atom. The fourth-order valence-electron chi connectivity index (χ4n) is 1.56. The summed E-state index contributed by atoms with van der Waals surface area (Å²) in [4.78, 5) is 1.29. The maximum Gasteiger partial charge on any atom is 0.0401 e. The second kappa shape index (κ2) is 6.12. The van der Waals surface area contributed by atoms with Crippen LogP contribution in [0.4, 0.5) is 5.69 Å². The summed E-state index contributed by atoms with van der Waals surface area (Å²) in [6, 6.07) is 16.8. The lowest BCUT2D eigenvalue weighted by Crippen LogP contribution is -1.98. The molecule has 0 aliphatic heterocycles. The van der Waals surface area contributed by atoms with Gasteiger partial charge in [0.2, 0.25) is 0 Å². The maximum atomic E-state index is 3.48. The van der Waals surface area contributed by atoms with Crippen LogP contribution in [0.15, 0.2) is 57.9 Å². The van der Waals surface area contributed by atoms with Crippen molar-refractivity contribution in [2.24, 2.45) is 0 Å². The first-order chi connectivity index (χ1) is 8.28. The molecule has 0 saturated heterocycles. The molecule has 0 amide bonds. The highest BCUT2D eigenvalue weighted by atomic mass is 79.9. The molecule has 0 saturated carbocycles. The zero-order chi connectivity index (χ0) is 12.1. The smallest absolute Gasteiger partial charge is 0.0401 e. The van der Waals surface area contributed by atoms with E-state index in [1.165, 1.54) is 10.5 Å². The highest BCUT2D eigenvalue weighted by Crippen LogP contribution is 2.18. The number of halogens is 1. The quantitative estimate of drug-likeness (QED) is 0.816. The fraction of sp³-hybridized carbons (Fsp3) is 0.143. The molecule has 1 N–H and O–H groups in total. The first-order valence-corrected chi connectivity index (χ1v) is 7.42. The number of nitrogens with one attached hydrogen (secondary N) is 1. The number of rotatable bonds is 4. The van der Waals surface area contributed by atoms with E-state index in [0.717, 1.165) is 16.7 Å². The van der Waals surface area contributed by atoms with E-state index in [4.69, 9.17) is 0 Å². The van der Waals surface area contributed by atoms with Crippen molar-refractivity contribution in [3.05, 3.63) is 58.6 Å². The van der Waals surface area contributed by atoms with E-state index in [2.05, 4.69) is 70.0 Å². The molecular formula is C14H14BrNS. The van der Waals surface area contributed by atoms with Crippen LogP contribution >= 0.6 is 27.7 Å². The summed E-state index contributed by atoms with van der Waals surface area (Å²) in [6.45, 7) is 0.845. The SMILES string of the molecule is CSc1ccc(NCc2cccc(Br)c2)cc1. The third-order valence-electron chi connectivity index (χ3n) is 2.48. The molecule has 0 radical (unpaired) electrons. The Morgan fingerprint density at radius 1 is 1.12 bits per heavy atom. The van der Waals surface area contributed by atoms with Gasteiger partial charge in [0.05, 0.1) is 0 Å².